The van der Waals surface area contributed by atoms with Crippen LogP contribution in [0, 0.1) is 0 Å². The summed E-state index contributed by atoms with van der Waals surface area (Å²) in [5, 5.41) is 5.90. The van der Waals surface area contributed by atoms with Gasteiger partial charge in [0.25, 0.3) is 0 Å². The summed E-state index contributed by atoms with van der Waals surface area (Å²) in [4.78, 5) is 0. The Bertz CT molecular complexity index is 1540. The number of thiophene rings is 1. The fourth-order valence-corrected chi connectivity index (χ4v) is 5.78. The summed E-state index contributed by atoms with van der Waals surface area (Å²) in [6.45, 7) is 0. The van der Waals surface area contributed by atoms with Crippen molar-refractivity contribution in [3.05, 3.63) is 108 Å². The third kappa shape index (κ3) is 2.74. The second-order valence-electron chi connectivity index (χ2n) is 7.50. The molecule has 6 aromatic rings. The first-order valence-electron chi connectivity index (χ1n) is 9.98. The maximum Gasteiger partial charge on any atom is 0.0584 e. The maximum absolute atomic E-state index is 6.47. The fraction of sp³-hybridized carbons (Fsp3) is 0. The number of hydrogen-bond donors (Lipinski definition) is 0. The average Bonchev–Trinajstić information content (AvgIpc) is 3.19. The lowest BCUT2D eigenvalue weighted by Gasteiger charge is -2.09. The Balaban J connectivity index is 1.52. The van der Waals surface area contributed by atoms with E-state index in [0.717, 1.165) is 9.72 Å². The van der Waals surface area contributed by atoms with Gasteiger partial charge in [-0.2, -0.15) is 0 Å². The van der Waals surface area contributed by atoms with E-state index in [2.05, 4.69) is 91.0 Å². The van der Waals surface area contributed by atoms with Crippen LogP contribution in [0.2, 0.25) is 5.02 Å². The Morgan fingerprint density at radius 2 is 1.17 bits per heavy atom. The van der Waals surface area contributed by atoms with Crippen LogP contribution in [0.25, 0.3) is 53.2 Å². The normalized spacial score (nSPS) is 11.5. The highest BCUT2D eigenvalue weighted by Gasteiger charge is 2.13. The van der Waals surface area contributed by atoms with Crippen LogP contribution in [0.3, 0.4) is 0 Å². The van der Waals surface area contributed by atoms with E-state index >= 15 is 0 Å². The lowest BCUT2D eigenvalue weighted by Crippen LogP contribution is -1.83. The molecule has 6 rings (SSSR count). The number of benzene rings is 5. The van der Waals surface area contributed by atoms with Gasteiger partial charge in [0.05, 0.1) is 9.72 Å². The van der Waals surface area contributed by atoms with Crippen LogP contribution in [0.1, 0.15) is 0 Å². The van der Waals surface area contributed by atoms with Crippen LogP contribution in [0.5, 0.6) is 0 Å². The van der Waals surface area contributed by atoms with Gasteiger partial charge in [-0.1, -0.05) is 103 Å². The molecule has 0 atom stereocenters. The quantitative estimate of drug-likeness (QED) is 0.262. The molecule has 0 nitrogen and oxygen atoms in total. The van der Waals surface area contributed by atoms with Gasteiger partial charge in [0.2, 0.25) is 0 Å². The second kappa shape index (κ2) is 6.98. The largest absolute Gasteiger partial charge is 0.134 e. The molecule has 0 aliphatic heterocycles. The first-order chi connectivity index (χ1) is 14.8. The molecule has 0 N–H and O–H groups in total. The highest BCUT2D eigenvalue weighted by molar-refractivity contribution is 7.26. The van der Waals surface area contributed by atoms with Gasteiger partial charge in [-0.25, -0.2) is 0 Å². The molecule has 0 unspecified atom stereocenters. The average molecular weight is 421 g/mol. The first kappa shape index (κ1) is 17.7. The van der Waals surface area contributed by atoms with Crippen molar-refractivity contribution < 1.29 is 0 Å². The van der Waals surface area contributed by atoms with Crippen molar-refractivity contribution in [2.24, 2.45) is 0 Å². The van der Waals surface area contributed by atoms with Gasteiger partial charge in [0.15, 0.2) is 0 Å². The van der Waals surface area contributed by atoms with E-state index in [0.29, 0.717) is 0 Å². The minimum absolute atomic E-state index is 0.825. The Morgan fingerprint density at radius 3 is 2.03 bits per heavy atom. The highest BCUT2D eigenvalue weighted by atomic mass is 35.5. The molecule has 0 fully saturated rings. The van der Waals surface area contributed by atoms with Crippen LogP contribution in [-0.4, -0.2) is 0 Å². The Morgan fingerprint density at radius 1 is 0.533 bits per heavy atom. The predicted octanol–water partition coefficient (Wildman–Crippen LogP) is 9.20. The van der Waals surface area contributed by atoms with Crippen molar-refractivity contribution >= 4 is 53.9 Å². The number of fused-ring (bicyclic) bond motifs is 4. The van der Waals surface area contributed by atoms with Gasteiger partial charge < -0.3 is 0 Å². The smallest absolute Gasteiger partial charge is 0.0584 e. The summed E-state index contributed by atoms with van der Waals surface area (Å²) in [6.07, 6.45) is 0. The number of halogens is 1. The summed E-state index contributed by atoms with van der Waals surface area (Å²) in [5.74, 6) is 0. The first-order valence-corrected chi connectivity index (χ1v) is 11.2. The molecule has 0 saturated heterocycles. The molecule has 5 aromatic carbocycles. The van der Waals surface area contributed by atoms with Crippen molar-refractivity contribution in [2.75, 3.05) is 0 Å². The summed E-state index contributed by atoms with van der Waals surface area (Å²) < 4.78 is 2.43. The summed E-state index contributed by atoms with van der Waals surface area (Å²) in [6, 6.07) is 36.7. The van der Waals surface area contributed by atoms with Gasteiger partial charge in [-0.3, -0.25) is 0 Å². The molecular weight excluding hydrogens is 404 g/mol. The van der Waals surface area contributed by atoms with Crippen molar-refractivity contribution in [3.8, 4) is 22.3 Å². The van der Waals surface area contributed by atoms with Crippen molar-refractivity contribution in [2.45, 2.75) is 0 Å². The molecule has 0 spiro atoms. The molecule has 142 valence electrons. The minimum atomic E-state index is 0.825. The third-order valence-electron chi connectivity index (χ3n) is 5.77. The van der Waals surface area contributed by atoms with E-state index < -0.39 is 0 Å². The Hall–Kier alpha value is -3.13. The van der Waals surface area contributed by atoms with E-state index in [1.807, 2.05) is 12.1 Å². The fourth-order valence-electron chi connectivity index (χ4n) is 4.36. The molecule has 0 amide bonds. The molecule has 0 radical (unpaired) electrons. The number of hydrogen-bond acceptors (Lipinski definition) is 1. The molecule has 2 heteroatoms. The van der Waals surface area contributed by atoms with Crippen LogP contribution >= 0.6 is 22.9 Å². The third-order valence-corrected chi connectivity index (χ3v) is 7.40. The van der Waals surface area contributed by atoms with E-state index in [1.165, 1.54) is 48.5 Å². The lowest BCUT2D eigenvalue weighted by molar-refractivity contribution is 1.63. The van der Waals surface area contributed by atoms with Gasteiger partial charge in [0.1, 0.15) is 0 Å². The topological polar surface area (TPSA) is 0 Å². The standard InChI is InChI=1S/C28H17ClS/c29-25-12-4-11-24-27-23(10-5-13-26(27)30-28(24)25)20-16-14-19(15-17-20)22-9-3-7-18-6-1-2-8-21(18)22/h1-17H. The van der Waals surface area contributed by atoms with Crippen LogP contribution in [0.15, 0.2) is 103 Å². The molecule has 0 aliphatic rings. The van der Waals surface area contributed by atoms with Crippen LogP contribution in [-0.2, 0) is 0 Å². The lowest BCUT2D eigenvalue weighted by atomic mass is 9.95. The Labute approximate surface area is 184 Å². The second-order valence-corrected chi connectivity index (χ2v) is 8.96. The van der Waals surface area contributed by atoms with Crippen molar-refractivity contribution in [3.63, 3.8) is 0 Å². The highest BCUT2D eigenvalue weighted by Crippen LogP contribution is 2.42. The summed E-state index contributed by atoms with van der Waals surface area (Å²) in [5.41, 5.74) is 4.99. The molecule has 1 aromatic heterocycles. The van der Waals surface area contributed by atoms with Crippen molar-refractivity contribution in [1.82, 2.24) is 0 Å². The molecule has 1 heterocycles. The molecule has 0 saturated carbocycles. The van der Waals surface area contributed by atoms with E-state index in [1.54, 1.807) is 11.3 Å². The van der Waals surface area contributed by atoms with E-state index in [9.17, 15) is 0 Å². The van der Waals surface area contributed by atoms with Gasteiger partial charge in [-0.05, 0) is 45.2 Å². The van der Waals surface area contributed by atoms with Gasteiger partial charge in [-0.15, -0.1) is 11.3 Å². The molecule has 30 heavy (non-hydrogen) atoms. The predicted molar refractivity (Wildman–Crippen MR) is 133 cm³/mol. The SMILES string of the molecule is Clc1cccc2c1sc1cccc(-c3ccc(-c4cccc5ccccc45)cc3)c12. The zero-order valence-electron chi connectivity index (χ0n) is 16.1. The molecule has 0 bridgehead atoms. The zero-order valence-corrected chi connectivity index (χ0v) is 17.7. The monoisotopic (exact) mass is 420 g/mol. The minimum Gasteiger partial charge on any atom is -0.134 e. The maximum atomic E-state index is 6.47. The summed E-state index contributed by atoms with van der Waals surface area (Å²) in [7, 11) is 0. The van der Waals surface area contributed by atoms with Gasteiger partial charge in [0, 0.05) is 15.5 Å². The zero-order chi connectivity index (χ0) is 20.1. The van der Waals surface area contributed by atoms with Crippen LogP contribution < -0.4 is 0 Å². The van der Waals surface area contributed by atoms with E-state index in [4.69, 9.17) is 11.6 Å². The van der Waals surface area contributed by atoms with Crippen LogP contribution in [0.4, 0.5) is 0 Å². The van der Waals surface area contributed by atoms with Gasteiger partial charge >= 0.3 is 0 Å². The van der Waals surface area contributed by atoms with E-state index in [-0.39, 0.29) is 0 Å². The summed E-state index contributed by atoms with van der Waals surface area (Å²) >= 11 is 8.24. The Kier molecular flexibility index (Phi) is 4.12. The molecular formula is C28H17ClS. The number of rotatable bonds is 2. The van der Waals surface area contributed by atoms with Crippen molar-refractivity contribution in [1.29, 1.82) is 0 Å². The molecule has 0 aliphatic carbocycles.